The fourth-order valence-corrected chi connectivity index (χ4v) is 2.61. The number of nitrogens with two attached hydrogens (primary N) is 1. The van der Waals surface area contributed by atoms with Gasteiger partial charge in [-0.25, -0.2) is 0 Å². The molecule has 0 saturated heterocycles. The average Bonchev–Trinajstić information content (AvgIpc) is 2.45. The highest BCUT2D eigenvalue weighted by molar-refractivity contribution is 5.30. The minimum atomic E-state index is 0.0531. The summed E-state index contributed by atoms with van der Waals surface area (Å²) in [6, 6.07) is 12.7. The normalized spacial score (nSPS) is 12.6. The van der Waals surface area contributed by atoms with Crippen LogP contribution in [0.5, 0.6) is 0 Å². The van der Waals surface area contributed by atoms with Crippen LogP contribution in [0.25, 0.3) is 0 Å². The highest BCUT2D eigenvalue weighted by atomic mass is 15.1. The molecule has 112 valence electrons. The molecule has 1 aromatic carbocycles. The molecule has 0 aliphatic rings. The van der Waals surface area contributed by atoms with E-state index in [0.717, 1.165) is 25.2 Å². The highest BCUT2D eigenvalue weighted by Crippen LogP contribution is 2.16. The van der Waals surface area contributed by atoms with E-state index in [1.165, 1.54) is 16.7 Å². The lowest BCUT2D eigenvalue weighted by Crippen LogP contribution is -2.30. The standard InChI is InChI=1S/C18H25N3/c1-14-10-15(2)12-16(11-14)18(19)13-21(3)9-7-17-6-4-5-8-20-17/h4-6,8,10-12,18H,7,9,13,19H2,1-3H3. The third-order valence-electron chi connectivity index (χ3n) is 3.66. The van der Waals surface area contributed by atoms with Gasteiger partial charge >= 0.3 is 0 Å². The Bertz CT molecular complexity index is 546. The van der Waals surface area contributed by atoms with E-state index in [0.29, 0.717) is 0 Å². The number of aryl methyl sites for hydroxylation is 2. The van der Waals surface area contributed by atoms with Gasteiger partial charge in [0, 0.05) is 37.4 Å². The lowest BCUT2D eigenvalue weighted by atomic mass is 10.0. The number of nitrogens with zero attached hydrogens (tertiary/aromatic N) is 2. The average molecular weight is 283 g/mol. The first kappa shape index (κ1) is 15.7. The maximum absolute atomic E-state index is 6.35. The molecular weight excluding hydrogens is 258 g/mol. The van der Waals surface area contributed by atoms with Crippen molar-refractivity contribution in [2.45, 2.75) is 26.3 Å². The van der Waals surface area contributed by atoms with Crippen LogP contribution in [0.15, 0.2) is 42.6 Å². The SMILES string of the molecule is Cc1cc(C)cc(C(N)CN(C)CCc2ccccn2)c1. The second-order valence-electron chi connectivity index (χ2n) is 5.86. The van der Waals surface area contributed by atoms with Gasteiger partial charge in [-0.1, -0.05) is 35.4 Å². The molecule has 2 aromatic rings. The number of rotatable bonds is 6. The van der Waals surface area contributed by atoms with Crippen LogP contribution in [0.1, 0.15) is 28.4 Å². The van der Waals surface area contributed by atoms with Gasteiger partial charge in [0.2, 0.25) is 0 Å². The van der Waals surface area contributed by atoms with Crippen molar-refractivity contribution in [3.63, 3.8) is 0 Å². The van der Waals surface area contributed by atoms with Crippen molar-refractivity contribution in [2.75, 3.05) is 20.1 Å². The first-order chi connectivity index (χ1) is 10.0. The molecular formula is C18H25N3. The molecule has 0 amide bonds. The third kappa shape index (κ3) is 4.96. The van der Waals surface area contributed by atoms with E-state index in [-0.39, 0.29) is 6.04 Å². The smallest absolute Gasteiger partial charge is 0.0424 e. The molecule has 0 aliphatic carbocycles. The van der Waals surface area contributed by atoms with Crippen LogP contribution >= 0.6 is 0 Å². The molecule has 3 heteroatoms. The Kier molecular flexibility index (Phi) is 5.48. The summed E-state index contributed by atoms with van der Waals surface area (Å²) in [7, 11) is 2.12. The zero-order chi connectivity index (χ0) is 15.2. The molecule has 0 saturated carbocycles. The molecule has 0 spiro atoms. The summed E-state index contributed by atoms with van der Waals surface area (Å²) in [5, 5.41) is 0. The van der Waals surface area contributed by atoms with Gasteiger partial charge in [-0.15, -0.1) is 0 Å². The van der Waals surface area contributed by atoms with E-state index >= 15 is 0 Å². The van der Waals surface area contributed by atoms with Crippen molar-refractivity contribution in [1.29, 1.82) is 0 Å². The monoisotopic (exact) mass is 283 g/mol. The topological polar surface area (TPSA) is 42.1 Å². The zero-order valence-corrected chi connectivity index (χ0v) is 13.2. The van der Waals surface area contributed by atoms with Crippen molar-refractivity contribution in [3.8, 4) is 0 Å². The first-order valence-electron chi connectivity index (χ1n) is 7.47. The van der Waals surface area contributed by atoms with Gasteiger partial charge in [0.05, 0.1) is 0 Å². The van der Waals surface area contributed by atoms with Crippen molar-refractivity contribution < 1.29 is 0 Å². The Hall–Kier alpha value is -1.71. The predicted molar refractivity (Wildman–Crippen MR) is 88.3 cm³/mol. The molecule has 3 nitrogen and oxygen atoms in total. The number of hydrogen-bond donors (Lipinski definition) is 1. The lowest BCUT2D eigenvalue weighted by Gasteiger charge is -2.22. The van der Waals surface area contributed by atoms with Gasteiger partial charge < -0.3 is 10.6 Å². The summed E-state index contributed by atoms with van der Waals surface area (Å²) in [5.41, 5.74) is 11.2. The minimum absolute atomic E-state index is 0.0531. The fourth-order valence-electron chi connectivity index (χ4n) is 2.61. The molecule has 1 atom stereocenters. The molecule has 21 heavy (non-hydrogen) atoms. The first-order valence-corrected chi connectivity index (χ1v) is 7.47. The molecule has 0 aliphatic heterocycles. The second kappa shape index (κ2) is 7.34. The van der Waals surface area contributed by atoms with E-state index in [1.54, 1.807) is 0 Å². The van der Waals surface area contributed by atoms with Crippen LogP contribution in [0, 0.1) is 13.8 Å². The molecule has 1 aromatic heterocycles. The van der Waals surface area contributed by atoms with E-state index < -0.39 is 0 Å². The third-order valence-corrected chi connectivity index (χ3v) is 3.66. The van der Waals surface area contributed by atoms with Gasteiger partial charge in [-0.2, -0.15) is 0 Å². The Morgan fingerprint density at radius 2 is 1.86 bits per heavy atom. The van der Waals surface area contributed by atoms with E-state index in [2.05, 4.69) is 55.0 Å². The summed E-state index contributed by atoms with van der Waals surface area (Å²) in [5.74, 6) is 0. The zero-order valence-electron chi connectivity index (χ0n) is 13.2. The van der Waals surface area contributed by atoms with Gasteiger partial charge in [0.15, 0.2) is 0 Å². The Labute approximate surface area is 127 Å². The number of benzene rings is 1. The summed E-state index contributed by atoms with van der Waals surface area (Å²) >= 11 is 0. The minimum Gasteiger partial charge on any atom is -0.323 e. The Morgan fingerprint density at radius 3 is 2.48 bits per heavy atom. The van der Waals surface area contributed by atoms with Gasteiger partial charge in [-0.05, 0) is 38.6 Å². The molecule has 0 bridgehead atoms. The summed E-state index contributed by atoms with van der Waals surface area (Å²) in [6.07, 6.45) is 2.80. The molecule has 2 N–H and O–H groups in total. The molecule has 1 heterocycles. The number of hydrogen-bond acceptors (Lipinski definition) is 3. The maximum Gasteiger partial charge on any atom is 0.0424 e. The second-order valence-corrected chi connectivity index (χ2v) is 5.86. The van der Waals surface area contributed by atoms with Gasteiger partial charge in [0.25, 0.3) is 0 Å². The molecule has 0 fully saturated rings. The molecule has 2 rings (SSSR count). The van der Waals surface area contributed by atoms with Crippen molar-refractivity contribution in [2.24, 2.45) is 5.73 Å². The Balaban J connectivity index is 1.88. The largest absolute Gasteiger partial charge is 0.323 e. The number of pyridine rings is 1. The van der Waals surface area contributed by atoms with Crippen molar-refractivity contribution in [3.05, 3.63) is 65.0 Å². The van der Waals surface area contributed by atoms with Crippen LogP contribution in [0.4, 0.5) is 0 Å². The summed E-state index contributed by atoms with van der Waals surface area (Å²) in [6.45, 7) is 6.06. The Morgan fingerprint density at radius 1 is 1.14 bits per heavy atom. The van der Waals surface area contributed by atoms with Crippen molar-refractivity contribution >= 4 is 0 Å². The number of likely N-dealkylation sites (N-methyl/N-ethyl adjacent to an activating group) is 1. The van der Waals surface area contributed by atoms with Crippen LogP contribution in [-0.4, -0.2) is 30.0 Å². The van der Waals surface area contributed by atoms with E-state index in [1.807, 2.05) is 18.3 Å². The van der Waals surface area contributed by atoms with Crippen LogP contribution in [0.3, 0.4) is 0 Å². The van der Waals surface area contributed by atoms with Crippen LogP contribution in [-0.2, 0) is 6.42 Å². The van der Waals surface area contributed by atoms with Crippen LogP contribution < -0.4 is 5.73 Å². The quantitative estimate of drug-likeness (QED) is 0.886. The fraction of sp³-hybridized carbons (Fsp3) is 0.389. The van der Waals surface area contributed by atoms with E-state index in [9.17, 15) is 0 Å². The number of aromatic nitrogens is 1. The predicted octanol–water partition coefficient (Wildman–Crippen LogP) is 2.87. The van der Waals surface area contributed by atoms with Crippen molar-refractivity contribution in [1.82, 2.24) is 9.88 Å². The van der Waals surface area contributed by atoms with E-state index in [4.69, 9.17) is 5.73 Å². The van der Waals surface area contributed by atoms with Gasteiger partial charge in [0.1, 0.15) is 0 Å². The summed E-state index contributed by atoms with van der Waals surface area (Å²) in [4.78, 5) is 6.63. The maximum atomic E-state index is 6.35. The van der Waals surface area contributed by atoms with Crippen LogP contribution in [0.2, 0.25) is 0 Å². The molecule has 1 unspecified atom stereocenters. The summed E-state index contributed by atoms with van der Waals surface area (Å²) < 4.78 is 0. The van der Waals surface area contributed by atoms with Gasteiger partial charge in [-0.3, -0.25) is 4.98 Å². The lowest BCUT2D eigenvalue weighted by molar-refractivity contribution is 0.315. The molecule has 0 radical (unpaired) electrons. The highest BCUT2D eigenvalue weighted by Gasteiger charge is 2.10.